The average Bonchev–Trinajstić information content (AvgIpc) is 3.11. The van der Waals surface area contributed by atoms with Crippen LogP contribution in [0.25, 0.3) is 0 Å². The normalized spacial score (nSPS) is 54.9. The monoisotopic (exact) mass is 264 g/mol. The number of hydrogen-bond acceptors (Lipinski definition) is 3. The first kappa shape index (κ1) is 12.2. The lowest BCUT2D eigenvalue weighted by atomic mass is 9.63. The molecule has 0 radical (unpaired) electrons. The zero-order valence-corrected chi connectivity index (χ0v) is 11.9. The van der Waals surface area contributed by atoms with Gasteiger partial charge >= 0.3 is 5.97 Å². The van der Waals surface area contributed by atoms with E-state index >= 15 is 0 Å². The Morgan fingerprint density at radius 3 is 2.58 bits per heavy atom. The summed E-state index contributed by atoms with van der Waals surface area (Å²) in [6, 6.07) is 0. The van der Waals surface area contributed by atoms with Crippen molar-refractivity contribution in [3.8, 4) is 0 Å². The lowest BCUT2D eigenvalue weighted by molar-refractivity contribution is -0.137. The van der Waals surface area contributed by atoms with Crippen molar-refractivity contribution in [2.45, 2.75) is 58.2 Å². The molecule has 4 fully saturated rings. The van der Waals surface area contributed by atoms with Crippen molar-refractivity contribution in [3.63, 3.8) is 0 Å². The molecule has 0 aromatic heterocycles. The van der Waals surface area contributed by atoms with E-state index in [1.165, 1.54) is 19.3 Å². The van der Waals surface area contributed by atoms with Gasteiger partial charge in [-0.2, -0.15) is 0 Å². The van der Waals surface area contributed by atoms with Gasteiger partial charge in [0.25, 0.3) is 0 Å². The third kappa shape index (κ3) is 1.45. The van der Waals surface area contributed by atoms with Gasteiger partial charge in [0.05, 0.1) is 18.6 Å². The Morgan fingerprint density at radius 1 is 1.21 bits per heavy atom. The van der Waals surface area contributed by atoms with Crippen molar-refractivity contribution in [2.75, 3.05) is 6.61 Å². The van der Waals surface area contributed by atoms with Crippen molar-refractivity contribution in [2.24, 2.45) is 29.1 Å². The minimum absolute atomic E-state index is 0.00853. The van der Waals surface area contributed by atoms with Crippen LogP contribution in [0.15, 0.2) is 0 Å². The summed E-state index contributed by atoms with van der Waals surface area (Å²) in [6.07, 6.45) is 6.30. The number of carbonyl (C=O) groups is 1. The van der Waals surface area contributed by atoms with Crippen molar-refractivity contribution < 1.29 is 14.3 Å². The van der Waals surface area contributed by atoms with Crippen LogP contribution in [0.4, 0.5) is 0 Å². The molecule has 0 aromatic carbocycles. The molecule has 3 aliphatic heterocycles. The third-order valence-electron chi connectivity index (χ3n) is 6.52. The van der Waals surface area contributed by atoms with Gasteiger partial charge < -0.3 is 9.47 Å². The van der Waals surface area contributed by atoms with E-state index in [-0.39, 0.29) is 11.4 Å². The van der Waals surface area contributed by atoms with Gasteiger partial charge in [0, 0.05) is 5.41 Å². The predicted octanol–water partition coefficient (Wildman–Crippen LogP) is 2.78. The van der Waals surface area contributed by atoms with Crippen LogP contribution in [0.1, 0.15) is 46.0 Å². The number of rotatable bonds is 2. The Kier molecular flexibility index (Phi) is 2.55. The van der Waals surface area contributed by atoms with E-state index in [9.17, 15) is 4.79 Å². The highest BCUT2D eigenvalue weighted by molar-refractivity contribution is 5.72. The van der Waals surface area contributed by atoms with E-state index in [0.29, 0.717) is 31.2 Å². The van der Waals surface area contributed by atoms with Gasteiger partial charge in [-0.15, -0.1) is 0 Å². The van der Waals surface area contributed by atoms with E-state index in [4.69, 9.17) is 9.47 Å². The minimum atomic E-state index is -0.00853. The quantitative estimate of drug-likeness (QED) is 0.719. The zero-order valence-electron chi connectivity index (χ0n) is 11.9. The molecule has 3 heteroatoms. The number of carbonyl (C=O) groups excluding carboxylic acids is 1. The minimum Gasteiger partial charge on any atom is -0.465 e. The maximum absolute atomic E-state index is 11.6. The molecule has 3 saturated heterocycles. The second kappa shape index (κ2) is 3.97. The van der Waals surface area contributed by atoms with Crippen LogP contribution in [0.2, 0.25) is 0 Å². The molecule has 7 atom stereocenters. The summed E-state index contributed by atoms with van der Waals surface area (Å²) in [6.45, 7) is 5.25. The fourth-order valence-corrected chi connectivity index (χ4v) is 5.76. The summed E-state index contributed by atoms with van der Waals surface area (Å²) in [4.78, 5) is 11.6. The summed E-state index contributed by atoms with van der Waals surface area (Å²) >= 11 is 0. The number of ether oxygens (including phenoxy) is 2. The second-order valence-electron chi connectivity index (χ2n) is 7.23. The standard InChI is InChI=1S/C16H24O3/c1-3-9-5-10(4-2)14-13(9)11-6-16(15(14)19-11)7-12(17)18-8-16/h9-11,13-15H,3-8H2,1-2H3. The van der Waals surface area contributed by atoms with Gasteiger partial charge in [-0.1, -0.05) is 26.7 Å². The highest BCUT2D eigenvalue weighted by Crippen LogP contribution is 2.65. The summed E-state index contributed by atoms with van der Waals surface area (Å²) in [5.74, 6) is 3.11. The smallest absolute Gasteiger partial charge is 0.306 e. The van der Waals surface area contributed by atoms with Gasteiger partial charge in [-0.3, -0.25) is 4.79 Å². The van der Waals surface area contributed by atoms with E-state index in [0.717, 1.165) is 24.2 Å². The van der Waals surface area contributed by atoms with Crippen molar-refractivity contribution in [1.29, 1.82) is 0 Å². The Hall–Kier alpha value is -0.570. The number of fused-ring (bicyclic) bond motifs is 6. The van der Waals surface area contributed by atoms with Gasteiger partial charge in [-0.05, 0) is 36.5 Å². The number of cyclic esters (lactones) is 1. The van der Waals surface area contributed by atoms with Crippen LogP contribution in [0.3, 0.4) is 0 Å². The van der Waals surface area contributed by atoms with Crippen LogP contribution < -0.4 is 0 Å². The molecular weight excluding hydrogens is 240 g/mol. The topological polar surface area (TPSA) is 35.5 Å². The summed E-state index contributed by atoms with van der Waals surface area (Å²) in [5.41, 5.74) is 0.0406. The lowest BCUT2D eigenvalue weighted by Gasteiger charge is -2.37. The van der Waals surface area contributed by atoms with Crippen LogP contribution in [-0.2, 0) is 14.3 Å². The molecule has 4 aliphatic rings. The second-order valence-corrected chi connectivity index (χ2v) is 7.23. The summed E-state index contributed by atoms with van der Waals surface area (Å²) < 4.78 is 11.7. The molecule has 1 saturated carbocycles. The molecule has 3 nitrogen and oxygen atoms in total. The largest absolute Gasteiger partial charge is 0.465 e. The van der Waals surface area contributed by atoms with E-state index in [1.54, 1.807) is 0 Å². The Bertz CT molecular complexity index is 407. The SMILES string of the molecule is CCC1CC(CC)C2C1C1CC3(COC(=O)C3)C2O1. The van der Waals surface area contributed by atoms with Crippen LogP contribution in [0, 0.1) is 29.1 Å². The molecule has 106 valence electrons. The molecule has 3 heterocycles. The predicted molar refractivity (Wildman–Crippen MR) is 70.4 cm³/mol. The molecule has 0 aromatic rings. The first-order valence-corrected chi connectivity index (χ1v) is 7.99. The molecule has 1 spiro atoms. The molecule has 1 aliphatic carbocycles. The zero-order chi connectivity index (χ0) is 13.2. The molecule has 2 bridgehead atoms. The van der Waals surface area contributed by atoms with Gasteiger partial charge in [0.15, 0.2) is 0 Å². The molecule has 0 amide bonds. The number of esters is 1. The van der Waals surface area contributed by atoms with Crippen LogP contribution in [0.5, 0.6) is 0 Å². The third-order valence-corrected chi connectivity index (χ3v) is 6.52. The summed E-state index contributed by atoms with van der Waals surface area (Å²) in [5, 5.41) is 0. The fraction of sp³-hybridized carbons (Fsp3) is 0.938. The van der Waals surface area contributed by atoms with Crippen LogP contribution in [-0.4, -0.2) is 24.8 Å². The molecule has 0 N–H and O–H groups in total. The molecule has 4 rings (SSSR count). The van der Waals surface area contributed by atoms with Gasteiger partial charge in [-0.25, -0.2) is 0 Å². The maximum Gasteiger partial charge on any atom is 0.306 e. The van der Waals surface area contributed by atoms with Crippen molar-refractivity contribution in [3.05, 3.63) is 0 Å². The first-order chi connectivity index (χ1) is 9.18. The molecule has 7 unspecified atom stereocenters. The molecular formula is C16H24O3. The maximum atomic E-state index is 11.6. The Morgan fingerprint density at radius 2 is 1.95 bits per heavy atom. The van der Waals surface area contributed by atoms with Gasteiger partial charge in [0.2, 0.25) is 0 Å². The van der Waals surface area contributed by atoms with Crippen LogP contribution >= 0.6 is 0 Å². The van der Waals surface area contributed by atoms with Crippen molar-refractivity contribution in [1.82, 2.24) is 0 Å². The Balaban J connectivity index is 1.65. The fourth-order valence-electron chi connectivity index (χ4n) is 5.76. The highest BCUT2D eigenvalue weighted by Gasteiger charge is 2.68. The van der Waals surface area contributed by atoms with E-state index < -0.39 is 0 Å². The molecule has 19 heavy (non-hydrogen) atoms. The summed E-state index contributed by atoms with van der Waals surface area (Å²) in [7, 11) is 0. The van der Waals surface area contributed by atoms with E-state index in [2.05, 4.69) is 13.8 Å². The number of hydrogen-bond donors (Lipinski definition) is 0. The van der Waals surface area contributed by atoms with E-state index in [1.807, 2.05) is 0 Å². The Labute approximate surface area is 115 Å². The average molecular weight is 264 g/mol. The lowest BCUT2D eigenvalue weighted by Crippen LogP contribution is -2.43. The highest BCUT2D eigenvalue weighted by atomic mass is 16.6. The first-order valence-electron chi connectivity index (χ1n) is 7.99. The van der Waals surface area contributed by atoms with Crippen molar-refractivity contribution >= 4 is 5.97 Å². The van der Waals surface area contributed by atoms with Gasteiger partial charge in [0.1, 0.15) is 6.61 Å².